The minimum Gasteiger partial charge on any atom is -0.338 e. The Morgan fingerprint density at radius 1 is 0.893 bits per heavy atom. The summed E-state index contributed by atoms with van der Waals surface area (Å²) in [6.45, 7) is 3.75. The molecule has 1 N–H and O–H groups in total. The minimum absolute atomic E-state index is 0.396. The van der Waals surface area contributed by atoms with Gasteiger partial charge in [0.25, 0.3) is 5.91 Å². The van der Waals surface area contributed by atoms with Gasteiger partial charge in [0, 0.05) is 5.56 Å². The number of carbonyl (C=O) groups is 2. The normalized spacial score (nSPS) is 10.6. The summed E-state index contributed by atoms with van der Waals surface area (Å²) in [7, 11) is 0. The van der Waals surface area contributed by atoms with Gasteiger partial charge in [0.1, 0.15) is 0 Å². The monoisotopic (exact) mass is 373 g/mol. The lowest BCUT2D eigenvalue weighted by Crippen LogP contribution is -2.10. The number of benzene rings is 3. The predicted molar refractivity (Wildman–Crippen MR) is 107 cm³/mol. The van der Waals surface area contributed by atoms with E-state index >= 15 is 0 Å². The van der Waals surface area contributed by atoms with Crippen LogP contribution < -0.4 is 5.48 Å². The second-order valence-corrected chi connectivity index (χ2v) is 6.23. The standard InChI is InChI=1S/C22H19N3O3/c1-15-6-5-8-17(14-15)22(27)28-25-19-12-10-18(11-13-19)23-24-21(26)20-9-4-3-7-16(20)2/h3-14,25H,1-2H3. The first-order valence-electron chi connectivity index (χ1n) is 8.68. The highest BCUT2D eigenvalue weighted by molar-refractivity contribution is 5.96. The first-order valence-corrected chi connectivity index (χ1v) is 8.68. The molecule has 3 rings (SSSR count). The summed E-state index contributed by atoms with van der Waals surface area (Å²) < 4.78 is 0. The Morgan fingerprint density at radius 3 is 2.36 bits per heavy atom. The van der Waals surface area contributed by atoms with Crippen LogP contribution in [0.2, 0.25) is 0 Å². The molecule has 0 saturated heterocycles. The predicted octanol–water partition coefficient (Wildman–Crippen LogP) is 5.41. The van der Waals surface area contributed by atoms with E-state index in [4.69, 9.17) is 4.84 Å². The van der Waals surface area contributed by atoms with Crippen molar-refractivity contribution in [2.75, 3.05) is 5.48 Å². The van der Waals surface area contributed by atoms with Crippen LogP contribution in [0.4, 0.5) is 11.4 Å². The lowest BCUT2D eigenvalue weighted by atomic mass is 10.1. The van der Waals surface area contributed by atoms with Crippen LogP contribution in [0.1, 0.15) is 31.8 Å². The molecule has 28 heavy (non-hydrogen) atoms. The van der Waals surface area contributed by atoms with E-state index in [0.717, 1.165) is 11.1 Å². The number of azo groups is 1. The van der Waals surface area contributed by atoms with Crippen molar-refractivity contribution < 1.29 is 14.4 Å². The number of amides is 1. The van der Waals surface area contributed by atoms with E-state index in [1.54, 1.807) is 54.6 Å². The van der Waals surface area contributed by atoms with Crippen molar-refractivity contribution in [3.05, 3.63) is 95.1 Å². The number of carbonyl (C=O) groups excluding carboxylic acids is 2. The molecule has 0 aliphatic carbocycles. The maximum atomic E-state index is 12.1. The Bertz CT molecular complexity index is 1030. The summed E-state index contributed by atoms with van der Waals surface area (Å²) in [5, 5.41) is 7.71. The average molecular weight is 373 g/mol. The largest absolute Gasteiger partial charge is 0.362 e. The molecule has 0 saturated carbocycles. The van der Waals surface area contributed by atoms with Gasteiger partial charge in [-0.2, -0.15) is 0 Å². The number of hydrogen-bond donors (Lipinski definition) is 1. The molecule has 0 fully saturated rings. The molecular weight excluding hydrogens is 354 g/mol. The maximum absolute atomic E-state index is 12.1. The fourth-order valence-electron chi connectivity index (χ4n) is 2.50. The average Bonchev–Trinajstić information content (AvgIpc) is 2.71. The molecule has 1 amide bonds. The van der Waals surface area contributed by atoms with Crippen LogP contribution in [0.25, 0.3) is 0 Å². The number of nitrogens with one attached hydrogen (secondary N) is 1. The van der Waals surface area contributed by atoms with Crippen LogP contribution >= 0.6 is 0 Å². The van der Waals surface area contributed by atoms with Crippen molar-refractivity contribution in [1.82, 2.24) is 0 Å². The van der Waals surface area contributed by atoms with E-state index in [0.29, 0.717) is 22.5 Å². The van der Waals surface area contributed by atoms with Crippen molar-refractivity contribution in [2.45, 2.75) is 13.8 Å². The van der Waals surface area contributed by atoms with Crippen molar-refractivity contribution in [1.29, 1.82) is 0 Å². The van der Waals surface area contributed by atoms with Crippen molar-refractivity contribution in [3.63, 3.8) is 0 Å². The zero-order valence-electron chi connectivity index (χ0n) is 15.5. The molecule has 6 nitrogen and oxygen atoms in total. The molecule has 0 spiro atoms. The van der Waals surface area contributed by atoms with Crippen molar-refractivity contribution in [2.24, 2.45) is 10.2 Å². The van der Waals surface area contributed by atoms with Crippen LogP contribution in [-0.4, -0.2) is 11.9 Å². The smallest absolute Gasteiger partial charge is 0.338 e. The van der Waals surface area contributed by atoms with Gasteiger partial charge >= 0.3 is 5.97 Å². The van der Waals surface area contributed by atoms with Gasteiger partial charge in [-0.3, -0.25) is 4.79 Å². The molecule has 0 unspecified atom stereocenters. The van der Waals surface area contributed by atoms with Gasteiger partial charge in [0.15, 0.2) is 0 Å². The Hall–Kier alpha value is -3.80. The molecule has 0 aliphatic heterocycles. The van der Waals surface area contributed by atoms with Crippen LogP contribution in [0.3, 0.4) is 0 Å². The molecule has 3 aromatic rings. The van der Waals surface area contributed by atoms with Crippen molar-refractivity contribution in [3.8, 4) is 0 Å². The number of hydrogen-bond acceptors (Lipinski definition) is 5. The van der Waals surface area contributed by atoms with Gasteiger partial charge in [-0.15, -0.1) is 10.2 Å². The summed E-state index contributed by atoms with van der Waals surface area (Å²) in [4.78, 5) is 29.2. The molecule has 0 aliphatic rings. The molecule has 0 bridgehead atoms. The fraction of sp³-hybridized carbons (Fsp3) is 0.0909. The van der Waals surface area contributed by atoms with Crippen LogP contribution in [0.15, 0.2) is 83.0 Å². The zero-order valence-corrected chi connectivity index (χ0v) is 15.5. The highest BCUT2D eigenvalue weighted by atomic mass is 16.7. The second-order valence-electron chi connectivity index (χ2n) is 6.23. The second kappa shape index (κ2) is 8.73. The van der Waals surface area contributed by atoms with E-state index < -0.39 is 11.9 Å². The first kappa shape index (κ1) is 19.0. The lowest BCUT2D eigenvalue weighted by molar-refractivity contribution is 0.0596. The lowest BCUT2D eigenvalue weighted by Gasteiger charge is -2.07. The third-order valence-corrected chi connectivity index (χ3v) is 4.01. The Morgan fingerprint density at radius 2 is 1.64 bits per heavy atom. The van der Waals surface area contributed by atoms with Crippen LogP contribution in [0.5, 0.6) is 0 Å². The van der Waals surface area contributed by atoms with Gasteiger partial charge in [0.05, 0.1) is 16.9 Å². The summed E-state index contributed by atoms with van der Waals surface area (Å²) in [6, 6.07) is 21.0. The zero-order chi connectivity index (χ0) is 19.9. The maximum Gasteiger partial charge on any atom is 0.362 e. The number of nitrogens with zero attached hydrogens (tertiary/aromatic N) is 2. The molecule has 0 heterocycles. The van der Waals surface area contributed by atoms with E-state index in [2.05, 4.69) is 15.7 Å². The topological polar surface area (TPSA) is 80.1 Å². The molecule has 0 radical (unpaired) electrons. The van der Waals surface area contributed by atoms with Gasteiger partial charge in [-0.05, 0) is 61.9 Å². The summed E-state index contributed by atoms with van der Waals surface area (Å²) in [6.07, 6.45) is 0. The van der Waals surface area contributed by atoms with Gasteiger partial charge in [-0.1, -0.05) is 35.9 Å². The Labute approximate surface area is 162 Å². The summed E-state index contributed by atoms with van der Waals surface area (Å²) in [5.74, 6) is -0.872. The Kier molecular flexibility index (Phi) is 5.91. The number of anilines is 1. The molecule has 0 atom stereocenters. The van der Waals surface area contributed by atoms with Gasteiger partial charge in [-0.25, -0.2) is 10.3 Å². The number of rotatable bonds is 5. The van der Waals surface area contributed by atoms with E-state index in [9.17, 15) is 9.59 Å². The van der Waals surface area contributed by atoms with E-state index in [1.807, 2.05) is 32.0 Å². The highest BCUT2D eigenvalue weighted by Crippen LogP contribution is 2.18. The summed E-state index contributed by atoms with van der Waals surface area (Å²) >= 11 is 0. The first-order chi connectivity index (χ1) is 13.5. The third-order valence-electron chi connectivity index (χ3n) is 4.01. The minimum atomic E-state index is -0.476. The van der Waals surface area contributed by atoms with Crippen LogP contribution in [0, 0.1) is 13.8 Å². The highest BCUT2D eigenvalue weighted by Gasteiger charge is 2.08. The molecule has 0 aromatic heterocycles. The van der Waals surface area contributed by atoms with Gasteiger partial charge in [0.2, 0.25) is 0 Å². The molecule has 6 heteroatoms. The SMILES string of the molecule is Cc1cccc(C(=O)ONc2ccc(N=NC(=O)c3ccccc3C)cc2)c1. The summed E-state index contributed by atoms with van der Waals surface area (Å²) in [5.41, 5.74) is 6.50. The third kappa shape index (κ3) is 4.88. The van der Waals surface area contributed by atoms with Crippen molar-refractivity contribution >= 4 is 23.3 Å². The fourth-order valence-corrected chi connectivity index (χ4v) is 2.50. The Balaban J connectivity index is 1.58. The molecule has 3 aromatic carbocycles. The van der Waals surface area contributed by atoms with E-state index in [1.165, 1.54) is 0 Å². The number of aryl methyl sites for hydroxylation is 2. The van der Waals surface area contributed by atoms with E-state index in [-0.39, 0.29) is 0 Å². The molecular formula is C22H19N3O3. The quantitative estimate of drug-likeness (QED) is 0.479. The molecule has 140 valence electrons. The van der Waals surface area contributed by atoms with Crippen LogP contribution in [-0.2, 0) is 4.84 Å². The van der Waals surface area contributed by atoms with Gasteiger partial charge < -0.3 is 4.84 Å².